The zero-order valence-corrected chi connectivity index (χ0v) is 15.8. The largest absolute Gasteiger partial charge is 0.466 e. The number of rotatable bonds is 7. The third-order valence-electron chi connectivity index (χ3n) is 3.49. The third kappa shape index (κ3) is 10.3. The van der Waals surface area contributed by atoms with Crippen molar-refractivity contribution in [2.75, 3.05) is 13.2 Å². The highest BCUT2D eigenvalue weighted by atomic mass is 16.5. The van der Waals surface area contributed by atoms with Gasteiger partial charge in [0.1, 0.15) is 0 Å². The number of ether oxygens (including phenoxy) is 2. The molecule has 0 spiro atoms. The van der Waals surface area contributed by atoms with Crippen molar-refractivity contribution >= 4 is 11.9 Å². The second kappa shape index (κ2) is 12.7. The second-order valence-corrected chi connectivity index (χ2v) is 6.13. The van der Waals surface area contributed by atoms with Crippen molar-refractivity contribution < 1.29 is 19.1 Å². The van der Waals surface area contributed by atoms with Crippen molar-refractivity contribution in [3.63, 3.8) is 0 Å². The molecule has 0 atom stereocenters. The van der Waals surface area contributed by atoms with Crippen molar-refractivity contribution in [1.29, 1.82) is 0 Å². The Morgan fingerprint density at radius 3 is 1.58 bits per heavy atom. The van der Waals surface area contributed by atoms with E-state index in [1.807, 2.05) is 74.5 Å². The lowest BCUT2D eigenvalue weighted by atomic mass is 10.2. The lowest BCUT2D eigenvalue weighted by Gasteiger charge is -2.06. The van der Waals surface area contributed by atoms with Gasteiger partial charge >= 0.3 is 11.9 Å². The van der Waals surface area contributed by atoms with E-state index in [4.69, 9.17) is 9.47 Å². The summed E-state index contributed by atoms with van der Waals surface area (Å²) in [6, 6.07) is 20.0. The Morgan fingerprint density at radius 2 is 1.19 bits per heavy atom. The molecule has 0 bridgehead atoms. The van der Waals surface area contributed by atoms with Gasteiger partial charge in [0.05, 0.1) is 19.1 Å². The normalized spacial score (nSPS) is 9.85. The number of hydrogen-bond donors (Lipinski definition) is 0. The Kier molecular flexibility index (Phi) is 10.5. The summed E-state index contributed by atoms with van der Waals surface area (Å²) in [5, 5.41) is 0. The molecule has 0 aromatic heterocycles. The van der Waals surface area contributed by atoms with Crippen LogP contribution >= 0.6 is 0 Å². The SMILES string of the molecule is CC(=O)OCCc1ccccc1.CC(C)C(=O)OCCc1ccccc1. The zero-order chi connectivity index (χ0) is 19.2. The van der Waals surface area contributed by atoms with E-state index >= 15 is 0 Å². The number of hydrogen-bond acceptors (Lipinski definition) is 4. The van der Waals surface area contributed by atoms with Crippen LogP contribution in [0, 0.1) is 5.92 Å². The molecule has 0 aliphatic heterocycles. The van der Waals surface area contributed by atoms with Gasteiger partial charge in [0.15, 0.2) is 0 Å². The molecular weight excluding hydrogens is 328 g/mol. The Labute approximate surface area is 156 Å². The average molecular weight is 356 g/mol. The first kappa shape index (κ1) is 21.4. The fourth-order valence-corrected chi connectivity index (χ4v) is 2.04. The summed E-state index contributed by atoms with van der Waals surface area (Å²) in [7, 11) is 0. The van der Waals surface area contributed by atoms with Crippen LogP contribution in [-0.2, 0) is 31.9 Å². The van der Waals surface area contributed by atoms with Crippen LogP contribution in [0.2, 0.25) is 0 Å². The predicted octanol–water partition coefficient (Wildman–Crippen LogP) is 4.22. The van der Waals surface area contributed by atoms with Gasteiger partial charge in [-0.1, -0.05) is 74.5 Å². The van der Waals surface area contributed by atoms with Crippen molar-refractivity contribution in [2.45, 2.75) is 33.6 Å². The zero-order valence-electron chi connectivity index (χ0n) is 15.8. The molecule has 2 aromatic carbocycles. The number of carbonyl (C=O) groups excluding carboxylic acids is 2. The maximum Gasteiger partial charge on any atom is 0.308 e. The molecule has 0 saturated carbocycles. The lowest BCUT2D eigenvalue weighted by Crippen LogP contribution is -2.13. The van der Waals surface area contributed by atoms with Crippen LogP contribution in [0.5, 0.6) is 0 Å². The molecule has 0 N–H and O–H groups in total. The summed E-state index contributed by atoms with van der Waals surface area (Å²) in [6.07, 6.45) is 1.58. The number of carbonyl (C=O) groups is 2. The predicted molar refractivity (Wildman–Crippen MR) is 103 cm³/mol. The van der Waals surface area contributed by atoms with Gasteiger partial charge in [0, 0.05) is 19.8 Å². The van der Waals surface area contributed by atoms with Crippen LogP contribution in [0.4, 0.5) is 0 Å². The minimum absolute atomic E-state index is 0.0363. The molecule has 0 heterocycles. The molecule has 0 unspecified atom stereocenters. The summed E-state index contributed by atoms with van der Waals surface area (Å²) < 4.78 is 9.88. The van der Waals surface area contributed by atoms with Gasteiger partial charge in [-0.05, 0) is 11.1 Å². The van der Waals surface area contributed by atoms with Crippen LogP contribution in [0.25, 0.3) is 0 Å². The quantitative estimate of drug-likeness (QED) is 0.697. The summed E-state index contributed by atoms with van der Waals surface area (Å²) in [5.41, 5.74) is 2.39. The van der Waals surface area contributed by atoms with Crippen LogP contribution in [0.1, 0.15) is 31.9 Å². The Hall–Kier alpha value is -2.62. The van der Waals surface area contributed by atoms with E-state index in [0.717, 1.165) is 12.8 Å². The third-order valence-corrected chi connectivity index (χ3v) is 3.49. The molecule has 4 heteroatoms. The standard InChI is InChI=1S/C12H16O2.C10H12O2/c1-10(2)12(13)14-9-8-11-6-4-3-5-7-11;1-9(11)12-8-7-10-5-3-2-4-6-10/h3-7,10H,8-9H2,1-2H3;2-6H,7-8H2,1H3. The van der Waals surface area contributed by atoms with E-state index in [9.17, 15) is 9.59 Å². The number of esters is 2. The summed E-state index contributed by atoms with van der Waals surface area (Å²) in [4.78, 5) is 21.5. The van der Waals surface area contributed by atoms with Crippen molar-refractivity contribution in [1.82, 2.24) is 0 Å². The van der Waals surface area contributed by atoms with E-state index < -0.39 is 0 Å². The van der Waals surface area contributed by atoms with Gasteiger partial charge in [-0.3, -0.25) is 9.59 Å². The summed E-state index contributed by atoms with van der Waals surface area (Å²) in [6.45, 7) is 6.04. The first-order valence-electron chi connectivity index (χ1n) is 8.87. The van der Waals surface area contributed by atoms with E-state index in [-0.39, 0.29) is 17.9 Å². The fraction of sp³-hybridized carbons (Fsp3) is 0.364. The molecule has 140 valence electrons. The van der Waals surface area contributed by atoms with Crippen molar-refractivity contribution in [2.24, 2.45) is 5.92 Å². The van der Waals surface area contributed by atoms with Gasteiger partial charge in [-0.25, -0.2) is 0 Å². The van der Waals surface area contributed by atoms with Crippen molar-refractivity contribution in [3.8, 4) is 0 Å². The van der Waals surface area contributed by atoms with Gasteiger partial charge in [0.2, 0.25) is 0 Å². The number of benzene rings is 2. The maximum atomic E-state index is 11.1. The van der Waals surface area contributed by atoms with Gasteiger partial charge in [-0.2, -0.15) is 0 Å². The molecule has 4 nitrogen and oxygen atoms in total. The lowest BCUT2D eigenvalue weighted by molar-refractivity contribution is -0.147. The minimum Gasteiger partial charge on any atom is -0.466 e. The molecule has 0 aliphatic rings. The van der Waals surface area contributed by atoms with Gasteiger partial charge < -0.3 is 9.47 Å². The molecule has 0 radical (unpaired) electrons. The van der Waals surface area contributed by atoms with E-state index in [2.05, 4.69) is 0 Å². The highest BCUT2D eigenvalue weighted by molar-refractivity contribution is 5.71. The Bertz CT molecular complexity index is 636. The monoisotopic (exact) mass is 356 g/mol. The highest BCUT2D eigenvalue weighted by Crippen LogP contribution is 2.02. The molecule has 0 aliphatic carbocycles. The molecular formula is C22H28O4. The maximum absolute atomic E-state index is 11.1. The van der Waals surface area contributed by atoms with E-state index in [1.165, 1.54) is 18.1 Å². The Morgan fingerprint density at radius 1 is 0.769 bits per heavy atom. The first-order valence-corrected chi connectivity index (χ1v) is 8.87. The topological polar surface area (TPSA) is 52.6 Å². The van der Waals surface area contributed by atoms with E-state index in [1.54, 1.807) is 0 Å². The molecule has 0 fully saturated rings. The molecule has 0 saturated heterocycles. The molecule has 26 heavy (non-hydrogen) atoms. The van der Waals surface area contributed by atoms with Gasteiger partial charge in [0.25, 0.3) is 0 Å². The first-order chi connectivity index (χ1) is 12.5. The Balaban J connectivity index is 0.000000263. The molecule has 2 aromatic rings. The van der Waals surface area contributed by atoms with Gasteiger partial charge in [-0.15, -0.1) is 0 Å². The highest BCUT2D eigenvalue weighted by Gasteiger charge is 2.07. The molecule has 0 amide bonds. The summed E-state index contributed by atoms with van der Waals surface area (Å²) >= 11 is 0. The summed E-state index contributed by atoms with van der Waals surface area (Å²) in [5.74, 6) is -0.377. The second-order valence-electron chi connectivity index (χ2n) is 6.13. The van der Waals surface area contributed by atoms with Crippen LogP contribution < -0.4 is 0 Å². The van der Waals surface area contributed by atoms with Crippen LogP contribution in [0.15, 0.2) is 60.7 Å². The van der Waals surface area contributed by atoms with E-state index in [0.29, 0.717) is 13.2 Å². The van der Waals surface area contributed by atoms with Crippen LogP contribution in [0.3, 0.4) is 0 Å². The van der Waals surface area contributed by atoms with Crippen molar-refractivity contribution in [3.05, 3.63) is 71.8 Å². The fourth-order valence-electron chi connectivity index (χ4n) is 2.04. The average Bonchev–Trinajstić information content (AvgIpc) is 2.63. The minimum atomic E-state index is -0.217. The molecule has 2 rings (SSSR count). The smallest absolute Gasteiger partial charge is 0.308 e. The van der Waals surface area contributed by atoms with Crippen LogP contribution in [-0.4, -0.2) is 25.2 Å².